The third kappa shape index (κ3) is 1.83. The highest BCUT2D eigenvalue weighted by atomic mass is 35.5. The first-order valence-corrected chi connectivity index (χ1v) is 5.55. The van der Waals surface area contributed by atoms with Crippen LogP contribution in [0, 0.1) is 0 Å². The summed E-state index contributed by atoms with van der Waals surface area (Å²) in [6.45, 7) is 0. The number of hydrogen-bond acceptors (Lipinski definition) is 1. The van der Waals surface area contributed by atoms with Gasteiger partial charge in [0.25, 0.3) is 0 Å². The van der Waals surface area contributed by atoms with Gasteiger partial charge < -0.3 is 0 Å². The van der Waals surface area contributed by atoms with Gasteiger partial charge in [-0.15, -0.1) is 11.6 Å². The number of fused-ring (bicyclic) bond motifs is 1. The lowest BCUT2D eigenvalue weighted by Crippen LogP contribution is -2.00. The SMILES string of the molecule is O=C(CCCl)c1ccc2c(c1)CCC2. The predicted molar refractivity (Wildman–Crippen MR) is 58.1 cm³/mol. The lowest BCUT2D eigenvalue weighted by atomic mass is 10.0. The largest absolute Gasteiger partial charge is 0.294 e. The Morgan fingerprint density at radius 2 is 2.07 bits per heavy atom. The summed E-state index contributed by atoms with van der Waals surface area (Å²) in [5.74, 6) is 0.574. The van der Waals surface area contributed by atoms with Crippen LogP contribution in [0.2, 0.25) is 0 Å². The van der Waals surface area contributed by atoms with E-state index in [9.17, 15) is 4.79 Å². The van der Waals surface area contributed by atoms with Crippen molar-refractivity contribution in [1.82, 2.24) is 0 Å². The monoisotopic (exact) mass is 208 g/mol. The van der Waals surface area contributed by atoms with E-state index in [-0.39, 0.29) is 5.78 Å². The lowest BCUT2D eigenvalue weighted by molar-refractivity contribution is 0.0989. The Morgan fingerprint density at radius 3 is 2.86 bits per heavy atom. The number of alkyl halides is 1. The lowest BCUT2D eigenvalue weighted by Gasteiger charge is -2.02. The van der Waals surface area contributed by atoms with Crippen LogP contribution in [0.4, 0.5) is 0 Å². The molecule has 1 aliphatic rings. The Morgan fingerprint density at radius 1 is 1.29 bits per heavy atom. The summed E-state index contributed by atoms with van der Waals surface area (Å²) in [6, 6.07) is 6.06. The van der Waals surface area contributed by atoms with Gasteiger partial charge in [0.1, 0.15) is 0 Å². The molecule has 1 nitrogen and oxygen atoms in total. The minimum Gasteiger partial charge on any atom is -0.294 e. The van der Waals surface area contributed by atoms with Crippen LogP contribution < -0.4 is 0 Å². The molecule has 0 N–H and O–H groups in total. The maximum Gasteiger partial charge on any atom is 0.164 e. The Kier molecular flexibility index (Phi) is 2.87. The van der Waals surface area contributed by atoms with E-state index >= 15 is 0 Å². The molecule has 0 spiro atoms. The molecule has 1 aromatic rings. The first-order chi connectivity index (χ1) is 6.81. The molecule has 0 amide bonds. The van der Waals surface area contributed by atoms with Gasteiger partial charge in [-0.3, -0.25) is 4.79 Å². The van der Waals surface area contributed by atoms with Crippen molar-refractivity contribution < 1.29 is 4.79 Å². The fourth-order valence-electron chi connectivity index (χ4n) is 1.98. The van der Waals surface area contributed by atoms with Gasteiger partial charge >= 0.3 is 0 Å². The molecule has 0 aromatic heterocycles. The standard InChI is InChI=1S/C12H13ClO/c13-7-6-12(14)11-5-4-9-2-1-3-10(9)8-11/h4-5,8H,1-3,6-7H2. The molecule has 0 heterocycles. The van der Waals surface area contributed by atoms with Gasteiger partial charge in [-0.25, -0.2) is 0 Å². The summed E-state index contributed by atoms with van der Waals surface area (Å²) in [5, 5.41) is 0. The summed E-state index contributed by atoms with van der Waals surface area (Å²) >= 11 is 5.54. The maximum absolute atomic E-state index is 11.6. The third-order valence-corrected chi connectivity index (χ3v) is 2.93. The van der Waals surface area contributed by atoms with E-state index in [1.54, 1.807) is 0 Å². The molecule has 1 aromatic carbocycles. The predicted octanol–water partition coefficient (Wildman–Crippen LogP) is 2.99. The van der Waals surface area contributed by atoms with Crippen LogP contribution in [-0.4, -0.2) is 11.7 Å². The quantitative estimate of drug-likeness (QED) is 0.552. The van der Waals surface area contributed by atoms with Crippen molar-refractivity contribution in [2.45, 2.75) is 25.7 Å². The van der Waals surface area contributed by atoms with Crippen molar-refractivity contribution >= 4 is 17.4 Å². The van der Waals surface area contributed by atoms with E-state index in [1.807, 2.05) is 12.1 Å². The van der Waals surface area contributed by atoms with E-state index < -0.39 is 0 Å². The summed E-state index contributed by atoms with van der Waals surface area (Å²) in [6.07, 6.45) is 3.96. The molecule has 2 heteroatoms. The highest BCUT2D eigenvalue weighted by molar-refractivity contribution is 6.19. The van der Waals surface area contributed by atoms with Crippen molar-refractivity contribution in [3.63, 3.8) is 0 Å². The minimum atomic E-state index is 0.162. The molecule has 1 aliphatic carbocycles. The molecular formula is C12H13ClO. The average molecular weight is 209 g/mol. The Bertz CT molecular complexity index is 357. The maximum atomic E-state index is 11.6. The summed E-state index contributed by atoms with van der Waals surface area (Å²) < 4.78 is 0. The molecule has 0 fully saturated rings. The van der Waals surface area contributed by atoms with Gasteiger partial charge in [-0.2, -0.15) is 0 Å². The van der Waals surface area contributed by atoms with Gasteiger partial charge in [0.15, 0.2) is 5.78 Å². The van der Waals surface area contributed by atoms with Crippen molar-refractivity contribution in [1.29, 1.82) is 0 Å². The topological polar surface area (TPSA) is 17.1 Å². The van der Waals surface area contributed by atoms with Gasteiger partial charge in [0, 0.05) is 17.9 Å². The van der Waals surface area contributed by atoms with E-state index in [2.05, 4.69) is 6.07 Å². The van der Waals surface area contributed by atoms with Crippen LogP contribution in [-0.2, 0) is 12.8 Å². The molecule has 0 saturated heterocycles. The number of halogens is 1. The molecule has 14 heavy (non-hydrogen) atoms. The smallest absolute Gasteiger partial charge is 0.164 e. The van der Waals surface area contributed by atoms with E-state index in [4.69, 9.17) is 11.6 Å². The Hall–Kier alpha value is -0.820. The number of Topliss-reactive ketones (excluding diaryl/α,β-unsaturated/α-hetero) is 1. The van der Waals surface area contributed by atoms with Gasteiger partial charge in [0.05, 0.1) is 0 Å². The molecule has 2 rings (SSSR count). The fraction of sp³-hybridized carbons (Fsp3) is 0.417. The summed E-state index contributed by atoms with van der Waals surface area (Å²) in [5.41, 5.74) is 3.59. The van der Waals surface area contributed by atoms with Gasteiger partial charge in [-0.05, 0) is 36.5 Å². The summed E-state index contributed by atoms with van der Waals surface area (Å²) in [4.78, 5) is 11.6. The number of ketones is 1. The Labute approximate surface area is 89.1 Å². The number of benzene rings is 1. The van der Waals surface area contributed by atoms with Crippen LogP contribution in [0.25, 0.3) is 0 Å². The zero-order valence-electron chi connectivity index (χ0n) is 8.05. The fourth-order valence-corrected chi connectivity index (χ4v) is 2.15. The molecule has 74 valence electrons. The van der Waals surface area contributed by atoms with Crippen molar-refractivity contribution in [3.8, 4) is 0 Å². The molecule has 0 bridgehead atoms. The zero-order chi connectivity index (χ0) is 9.97. The highest BCUT2D eigenvalue weighted by Gasteiger charge is 2.13. The second kappa shape index (κ2) is 4.14. The second-order valence-electron chi connectivity index (χ2n) is 3.70. The molecule has 0 atom stereocenters. The molecule has 0 radical (unpaired) electrons. The van der Waals surface area contributed by atoms with Crippen LogP contribution in [0.3, 0.4) is 0 Å². The van der Waals surface area contributed by atoms with E-state index in [1.165, 1.54) is 24.0 Å². The normalized spacial score (nSPS) is 14.1. The van der Waals surface area contributed by atoms with Crippen LogP contribution in [0.15, 0.2) is 18.2 Å². The van der Waals surface area contributed by atoms with Crippen molar-refractivity contribution in [2.24, 2.45) is 0 Å². The van der Waals surface area contributed by atoms with E-state index in [0.29, 0.717) is 12.3 Å². The first kappa shape index (κ1) is 9.72. The zero-order valence-corrected chi connectivity index (χ0v) is 8.81. The van der Waals surface area contributed by atoms with Crippen LogP contribution >= 0.6 is 11.6 Å². The number of carbonyl (C=O) groups is 1. The van der Waals surface area contributed by atoms with Gasteiger partial charge in [-0.1, -0.05) is 12.1 Å². The highest BCUT2D eigenvalue weighted by Crippen LogP contribution is 2.23. The van der Waals surface area contributed by atoms with Crippen LogP contribution in [0.1, 0.15) is 34.3 Å². The second-order valence-corrected chi connectivity index (χ2v) is 4.08. The van der Waals surface area contributed by atoms with Gasteiger partial charge in [0.2, 0.25) is 0 Å². The average Bonchev–Trinajstić information content (AvgIpc) is 2.64. The number of hydrogen-bond donors (Lipinski definition) is 0. The minimum absolute atomic E-state index is 0.162. The molecule has 0 unspecified atom stereocenters. The summed E-state index contributed by atoms with van der Waals surface area (Å²) in [7, 11) is 0. The first-order valence-electron chi connectivity index (χ1n) is 5.02. The molecule has 0 saturated carbocycles. The van der Waals surface area contributed by atoms with E-state index in [0.717, 1.165) is 12.0 Å². The van der Waals surface area contributed by atoms with Crippen molar-refractivity contribution in [2.75, 3.05) is 5.88 Å². The molecular weight excluding hydrogens is 196 g/mol. The van der Waals surface area contributed by atoms with Crippen molar-refractivity contribution in [3.05, 3.63) is 34.9 Å². The number of rotatable bonds is 3. The Balaban J connectivity index is 2.24. The number of carbonyl (C=O) groups excluding carboxylic acids is 1. The van der Waals surface area contributed by atoms with Crippen LogP contribution in [0.5, 0.6) is 0 Å². The third-order valence-electron chi connectivity index (χ3n) is 2.74. The molecule has 0 aliphatic heterocycles. The number of aryl methyl sites for hydroxylation is 2.